The summed E-state index contributed by atoms with van der Waals surface area (Å²) in [5.74, 6) is 0. The smallest absolute Gasteiger partial charge is 0.104 e. The molecular weight excluding hydrogens is 490 g/mol. The number of hydrogen-bond donors (Lipinski definition) is 0. The highest BCUT2D eigenvalue weighted by atomic mass is 79.9. The minimum Gasteiger partial charge on any atom is -1.00 e. The van der Waals surface area contributed by atoms with Crippen LogP contribution in [0.2, 0.25) is 0 Å². The van der Waals surface area contributed by atoms with Gasteiger partial charge in [-0.15, -0.1) is 0 Å². The van der Waals surface area contributed by atoms with Gasteiger partial charge in [0.2, 0.25) is 0 Å². The number of rotatable bonds is 27. The SMILES string of the molecule is CCCCCCCCCCCCCCCCCOCC(COCCCCC[N+](C)(C)C)OC.[Br-]. The van der Waals surface area contributed by atoms with Crippen molar-refractivity contribution < 1.29 is 35.7 Å². The molecule has 0 radical (unpaired) electrons. The van der Waals surface area contributed by atoms with E-state index in [2.05, 4.69) is 28.1 Å². The summed E-state index contributed by atoms with van der Waals surface area (Å²) in [4.78, 5) is 0. The molecule has 0 aromatic heterocycles. The quantitative estimate of drug-likeness (QED) is 0.108. The van der Waals surface area contributed by atoms with Crippen molar-refractivity contribution in [3.05, 3.63) is 0 Å². The molecule has 1 atom stereocenters. The van der Waals surface area contributed by atoms with Crippen molar-refractivity contribution in [1.82, 2.24) is 0 Å². The molecule has 0 bridgehead atoms. The molecule has 0 amide bonds. The molecule has 34 heavy (non-hydrogen) atoms. The van der Waals surface area contributed by atoms with Gasteiger partial charge in [0, 0.05) is 20.3 Å². The average molecular weight is 553 g/mol. The summed E-state index contributed by atoms with van der Waals surface area (Å²) in [6.45, 7) is 6.49. The van der Waals surface area contributed by atoms with Crippen molar-refractivity contribution in [2.75, 3.05) is 61.2 Å². The Hall–Kier alpha value is 0.320. The molecule has 0 fully saturated rings. The Morgan fingerprint density at radius 1 is 0.529 bits per heavy atom. The van der Waals surface area contributed by atoms with Crippen molar-refractivity contribution in [3.8, 4) is 0 Å². The first-order valence-corrected chi connectivity index (χ1v) is 14.5. The highest BCUT2D eigenvalue weighted by Gasteiger charge is 2.08. The van der Waals surface area contributed by atoms with Crippen LogP contribution >= 0.6 is 0 Å². The number of quaternary nitrogens is 1. The summed E-state index contributed by atoms with van der Waals surface area (Å²) < 4.78 is 18.2. The Bertz CT molecular complexity index is 377. The summed E-state index contributed by atoms with van der Waals surface area (Å²) in [6.07, 6.45) is 24.7. The Morgan fingerprint density at radius 3 is 1.24 bits per heavy atom. The zero-order valence-electron chi connectivity index (χ0n) is 23.9. The minimum atomic E-state index is 0. The maximum Gasteiger partial charge on any atom is 0.104 e. The predicted molar refractivity (Wildman–Crippen MR) is 144 cm³/mol. The van der Waals surface area contributed by atoms with E-state index in [0.717, 1.165) is 24.1 Å². The predicted octanol–water partition coefficient (Wildman–Crippen LogP) is 4.79. The van der Waals surface area contributed by atoms with Crippen LogP contribution in [0.15, 0.2) is 0 Å². The van der Waals surface area contributed by atoms with Crippen molar-refractivity contribution in [2.24, 2.45) is 0 Å². The van der Waals surface area contributed by atoms with Gasteiger partial charge in [-0.2, -0.15) is 0 Å². The standard InChI is InChI=1S/C29H62NO3.BrH/c1-6-7-8-9-10-11-12-13-14-15-16-17-18-19-22-25-32-27-29(31-5)28-33-26-23-20-21-24-30(2,3)4;/h29H,6-28H2,1-5H3;1H/q+1;/p-1. The van der Waals surface area contributed by atoms with Crippen molar-refractivity contribution in [1.29, 1.82) is 0 Å². The number of nitrogens with zero attached hydrogens (tertiary/aromatic N) is 1. The fraction of sp³-hybridized carbons (Fsp3) is 1.00. The van der Waals surface area contributed by atoms with Crippen LogP contribution in [0.3, 0.4) is 0 Å². The third-order valence-corrected chi connectivity index (χ3v) is 6.45. The van der Waals surface area contributed by atoms with Gasteiger partial charge in [-0.3, -0.25) is 0 Å². The zero-order chi connectivity index (χ0) is 24.5. The Kier molecular flexibility index (Phi) is 29.9. The third kappa shape index (κ3) is 30.4. The first-order chi connectivity index (χ1) is 16.0. The second kappa shape index (κ2) is 27.9. The summed E-state index contributed by atoms with van der Waals surface area (Å²) >= 11 is 0. The summed E-state index contributed by atoms with van der Waals surface area (Å²) in [5.41, 5.74) is 0. The summed E-state index contributed by atoms with van der Waals surface area (Å²) in [5, 5.41) is 0. The van der Waals surface area contributed by atoms with Gasteiger partial charge in [0.25, 0.3) is 0 Å². The molecule has 0 aliphatic rings. The maximum atomic E-state index is 5.83. The molecule has 5 heteroatoms. The van der Waals surface area contributed by atoms with Crippen LogP contribution < -0.4 is 17.0 Å². The van der Waals surface area contributed by atoms with E-state index in [1.54, 1.807) is 7.11 Å². The highest BCUT2D eigenvalue weighted by molar-refractivity contribution is 4.55. The molecule has 0 aromatic rings. The molecule has 0 rings (SSSR count). The highest BCUT2D eigenvalue weighted by Crippen LogP contribution is 2.13. The molecular formula is C29H62BrNO3. The molecule has 0 N–H and O–H groups in total. The lowest BCUT2D eigenvalue weighted by Crippen LogP contribution is -3.00. The van der Waals surface area contributed by atoms with Crippen molar-refractivity contribution >= 4 is 0 Å². The van der Waals surface area contributed by atoms with Crippen molar-refractivity contribution in [2.45, 2.75) is 129 Å². The van der Waals surface area contributed by atoms with E-state index in [1.165, 1.54) is 116 Å². The van der Waals surface area contributed by atoms with E-state index in [0.29, 0.717) is 13.2 Å². The van der Waals surface area contributed by atoms with Gasteiger partial charge in [-0.25, -0.2) is 0 Å². The van der Waals surface area contributed by atoms with Crippen LogP contribution in [-0.2, 0) is 14.2 Å². The molecule has 0 aliphatic carbocycles. The van der Waals surface area contributed by atoms with Crippen LogP contribution in [0.25, 0.3) is 0 Å². The average Bonchev–Trinajstić information content (AvgIpc) is 2.78. The number of methoxy groups -OCH3 is 1. The molecule has 0 spiro atoms. The lowest BCUT2D eigenvalue weighted by molar-refractivity contribution is -0.870. The van der Waals surface area contributed by atoms with E-state index in [4.69, 9.17) is 14.2 Å². The first-order valence-electron chi connectivity index (χ1n) is 14.5. The minimum absolute atomic E-state index is 0. The maximum absolute atomic E-state index is 5.83. The van der Waals surface area contributed by atoms with E-state index < -0.39 is 0 Å². The summed E-state index contributed by atoms with van der Waals surface area (Å²) in [6, 6.07) is 0. The molecule has 0 aromatic carbocycles. The Morgan fingerprint density at radius 2 is 0.882 bits per heavy atom. The first kappa shape index (κ1) is 36.5. The van der Waals surface area contributed by atoms with E-state index in [1.807, 2.05) is 0 Å². The molecule has 208 valence electrons. The van der Waals surface area contributed by atoms with E-state index >= 15 is 0 Å². The fourth-order valence-corrected chi connectivity index (χ4v) is 4.16. The van der Waals surface area contributed by atoms with Crippen LogP contribution in [0, 0.1) is 0 Å². The van der Waals surface area contributed by atoms with Gasteiger partial charge < -0.3 is 35.7 Å². The van der Waals surface area contributed by atoms with Crippen LogP contribution in [0.4, 0.5) is 0 Å². The van der Waals surface area contributed by atoms with Crippen LogP contribution in [-0.4, -0.2) is 71.8 Å². The molecule has 0 aliphatic heterocycles. The summed E-state index contributed by atoms with van der Waals surface area (Å²) in [7, 11) is 8.50. The van der Waals surface area contributed by atoms with E-state index in [9.17, 15) is 0 Å². The van der Waals surface area contributed by atoms with Gasteiger partial charge in [0.05, 0.1) is 40.9 Å². The molecule has 4 nitrogen and oxygen atoms in total. The Balaban J connectivity index is 0. The monoisotopic (exact) mass is 551 g/mol. The zero-order valence-corrected chi connectivity index (χ0v) is 25.5. The molecule has 0 saturated heterocycles. The number of ether oxygens (including phenoxy) is 3. The third-order valence-electron chi connectivity index (χ3n) is 6.45. The fourth-order valence-electron chi connectivity index (χ4n) is 4.16. The number of hydrogen-bond acceptors (Lipinski definition) is 3. The van der Waals surface area contributed by atoms with Crippen LogP contribution in [0.1, 0.15) is 122 Å². The van der Waals surface area contributed by atoms with Gasteiger partial charge >= 0.3 is 0 Å². The van der Waals surface area contributed by atoms with Crippen LogP contribution in [0.5, 0.6) is 0 Å². The molecule has 0 saturated carbocycles. The largest absolute Gasteiger partial charge is 1.00 e. The lowest BCUT2D eigenvalue weighted by atomic mass is 10.0. The molecule has 1 unspecified atom stereocenters. The second-order valence-corrected chi connectivity index (χ2v) is 11.0. The normalized spacial score (nSPS) is 12.6. The number of unbranched alkanes of at least 4 members (excludes halogenated alkanes) is 16. The van der Waals surface area contributed by atoms with E-state index in [-0.39, 0.29) is 23.1 Å². The number of halogens is 1. The second-order valence-electron chi connectivity index (χ2n) is 11.0. The Labute approximate surface area is 225 Å². The topological polar surface area (TPSA) is 27.7 Å². The van der Waals surface area contributed by atoms with Crippen molar-refractivity contribution in [3.63, 3.8) is 0 Å². The van der Waals surface area contributed by atoms with Gasteiger partial charge in [0.15, 0.2) is 0 Å². The lowest BCUT2D eigenvalue weighted by Gasteiger charge is -2.23. The van der Waals surface area contributed by atoms with Gasteiger partial charge in [-0.1, -0.05) is 96.8 Å². The molecule has 0 heterocycles. The van der Waals surface area contributed by atoms with Gasteiger partial charge in [0.1, 0.15) is 6.10 Å². The van der Waals surface area contributed by atoms with Gasteiger partial charge in [-0.05, 0) is 25.7 Å².